The zero-order chi connectivity index (χ0) is 15.2. The minimum absolute atomic E-state index is 0.167. The molecular formula is C18H21F2N. The Labute approximate surface area is 125 Å². The summed E-state index contributed by atoms with van der Waals surface area (Å²) < 4.78 is 26.5. The molecule has 0 saturated heterocycles. The highest BCUT2D eigenvalue weighted by atomic mass is 19.1. The Bertz CT molecular complexity index is 578. The van der Waals surface area contributed by atoms with E-state index in [-0.39, 0.29) is 6.04 Å². The Balaban J connectivity index is 2.04. The number of rotatable bonds is 6. The van der Waals surface area contributed by atoms with Crippen LogP contribution in [-0.4, -0.2) is 0 Å². The van der Waals surface area contributed by atoms with Crippen molar-refractivity contribution in [3.63, 3.8) is 0 Å². The number of aryl methyl sites for hydroxylation is 1. The number of benzene rings is 2. The predicted octanol–water partition coefficient (Wildman–Crippen LogP) is 4.77. The number of halogens is 2. The molecule has 0 fully saturated rings. The second kappa shape index (κ2) is 7.32. The molecule has 112 valence electrons. The Morgan fingerprint density at radius 3 is 2.29 bits per heavy atom. The van der Waals surface area contributed by atoms with Crippen molar-refractivity contribution >= 4 is 0 Å². The first-order chi connectivity index (χ1) is 10.1. The molecule has 1 unspecified atom stereocenters. The van der Waals surface area contributed by atoms with E-state index in [2.05, 4.69) is 43.4 Å². The Hall–Kier alpha value is -1.74. The largest absolute Gasteiger partial charge is 0.306 e. The molecule has 0 aliphatic carbocycles. The third-order valence-electron chi connectivity index (χ3n) is 3.75. The van der Waals surface area contributed by atoms with Crippen LogP contribution in [0.1, 0.15) is 43.0 Å². The molecule has 0 bridgehead atoms. The molecule has 0 aromatic heterocycles. The third kappa shape index (κ3) is 4.11. The van der Waals surface area contributed by atoms with Crippen molar-refractivity contribution < 1.29 is 8.78 Å². The van der Waals surface area contributed by atoms with Crippen molar-refractivity contribution in [2.75, 3.05) is 0 Å². The van der Waals surface area contributed by atoms with Gasteiger partial charge >= 0.3 is 0 Å². The molecular weight excluding hydrogens is 268 g/mol. The zero-order valence-corrected chi connectivity index (χ0v) is 12.5. The van der Waals surface area contributed by atoms with Crippen LogP contribution in [0.25, 0.3) is 0 Å². The second-order valence-electron chi connectivity index (χ2n) is 5.17. The van der Waals surface area contributed by atoms with Crippen LogP contribution in [0.4, 0.5) is 8.78 Å². The van der Waals surface area contributed by atoms with Gasteiger partial charge in [0.15, 0.2) is 0 Å². The summed E-state index contributed by atoms with van der Waals surface area (Å²) in [6, 6.07) is 12.3. The van der Waals surface area contributed by atoms with Crippen molar-refractivity contribution in [2.24, 2.45) is 0 Å². The smallest absolute Gasteiger partial charge is 0.130 e. The van der Waals surface area contributed by atoms with Gasteiger partial charge in [-0.05, 0) is 30.0 Å². The van der Waals surface area contributed by atoms with Gasteiger partial charge < -0.3 is 5.32 Å². The van der Waals surface area contributed by atoms with Gasteiger partial charge in [0.05, 0.1) is 0 Å². The lowest BCUT2D eigenvalue weighted by Crippen LogP contribution is -2.21. The minimum Gasteiger partial charge on any atom is -0.306 e. The molecule has 3 heteroatoms. The summed E-state index contributed by atoms with van der Waals surface area (Å²) >= 11 is 0. The van der Waals surface area contributed by atoms with E-state index in [1.807, 2.05) is 0 Å². The van der Waals surface area contributed by atoms with Crippen LogP contribution in [0.5, 0.6) is 0 Å². The monoisotopic (exact) mass is 289 g/mol. The van der Waals surface area contributed by atoms with Gasteiger partial charge in [-0.2, -0.15) is 0 Å². The highest BCUT2D eigenvalue weighted by molar-refractivity contribution is 5.25. The van der Waals surface area contributed by atoms with E-state index in [1.54, 1.807) is 0 Å². The topological polar surface area (TPSA) is 12.0 Å². The van der Waals surface area contributed by atoms with Crippen molar-refractivity contribution in [3.05, 3.63) is 70.8 Å². The molecule has 2 aromatic carbocycles. The van der Waals surface area contributed by atoms with E-state index >= 15 is 0 Å². The summed E-state index contributed by atoms with van der Waals surface area (Å²) in [6.45, 7) is 4.61. The van der Waals surface area contributed by atoms with Gasteiger partial charge in [-0.1, -0.05) is 44.2 Å². The molecule has 0 aliphatic heterocycles. The Morgan fingerprint density at radius 1 is 1.00 bits per heavy atom. The van der Waals surface area contributed by atoms with Gasteiger partial charge in [-0.25, -0.2) is 8.78 Å². The van der Waals surface area contributed by atoms with Crippen LogP contribution < -0.4 is 5.32 Å². The molecule has 1 atom stereocenters. The molecule has 0 spiro atoms. The van der Waals surface area contributed by atoms with E-state index in [0.717, 1.165) is 18.9 Å². The van der Waals surface area contributed by atoms with E-state index in [0.29, 0.717) is 12.1 Å². The van der Waals surface area contributed by atoms with Gasteiger partial charge in [0.1, 0.15) is 11.6 Å². The molecule has 0 saturated carbocycles. The van der Waals surface area contributed by atoms with Gasteiger partial charge in [0.2, 0.25) is 0 Å². The standard InChI is InChI=1S/C18H21F2N/c1-3-13-5-7-14(8-6-13)18(4-2)21-12-15-9-10-16(19)11-17(15)20/h5-11,18,21H,3-4,12H2,1-2H3. The minimum atomic E-state index is -0.543. The fourth-order valence-electron chi connectivity index (χ4n) is 2.38. The maximum absolute atomic E-state index is 13.6. The summed E-state index contributed by atoms with van der Waals surface area (Å²) in [7, 11) is 0. The lowest BCUT2D eigenvalue weighted by atomic mass is 10.0. The SMILES string of the molecule is CCc1ccc(C(CC)NCc2ccc(F)cc2F)cc1. The molecule has 2 aromatic rings. The predicted molar refractivity (Wildman–Crippen MR) is 82.0 cm³/mol. The van der Waals surface area contributed by atoms with Gasteiger partial charge in [-0.3, -0.25) is 0 Å². The Kier molecular flexibility index (Phi) is 5.45. The van der Waals surface area contributed by atoms with E-state index < -0.39 is 11.6 Å². The highest BCUT2D eigenvalue weighted by Crippen LogP contribution is 2.19. The summed E-state index contributed by atoms with van der Waals surface area (Å²) in [6.07, 6.45) is 1.93. The van der Waals surface area contributed by atoms with Crippen LogP contribution in [0.2, 0.25) is 0 Å². The fourth-order valence-corrected chi connectivity index (χ4v) is 2.38. The summed E-state index contributed by atoms with van der Waals surface area (Å²) in [4.78, 5) is 0. The van der Waals surface area contributed by atoms with Crippen molar-refractivity contribution in [1.29, 1.82) is 0 Å². The summed E-state index contributed by atoms with van der Waals surface area (Å²) in [5.74, 6) is -1.04. The maximum Gasteiger partial charge on any atom is 0.130 e. The quantitative estimate of drug-likeness (QED) is 0.808. The molecule has 0 radical (unpaired) electrons. The van der Waals surface area contributed by atoms with Gasteiger partial charge in [0, 0.05) is 24.2 Å². The Morgan fingerprint density at radius 2 is 1.71 bits per heavy atom. The van der Waals surface area contributed by atoms with E-state index in [9.17, 15) is 8.78 Å². The van der Waals surface area contributed by atoms with Crippen LogP contribution in [-0.2, 0) is 13.0 Å². The van der Waals surface area contributed by atoms with Crippen LogP contribution in [0.3, 0.4) is 0 Å². The highest BCUT2D eigenvalue weighted by Gasteiger charge is 2.10. The van der Waals surface area contributed by atoms with Crippen LogP contribution in [0.15, 0.2) is 42.5 Å². The molecule has 0 amide bonds. The molecule has 0 aliphatic rings. The number of hydrogen-bond acceptors (Lipinski definition) is 1. The normalized spacial score (nSPS) is 12.4. The average molecular weight is 289 g/mol. The molecule has 1 nitrogen and oxygen atoms in total. The lowest BCUT2D eigenvalue weighted by Gasteiger charge is -2.18. The summed E-state index contributed by atoms with van der Waals surface area (Å²) in [5.41, 5.74) is 2.98. The van der Waals surface area contributed by atoms with Crippen LogP contribution >= 0.6 is 0 Å². The van der Waals surface area contributed by atoms with Crippen molar-refractivity contribution in [1.82, 2.24) is 5.32 Å². The first-order valence-electron chi connectivity index (χ1n) is 7.40. The fraction of sp³-hybridized carbons (Fsp3) is 0.333. The second-order valence-corrected chi connectivity index (χ2v) is 5.17. The first kappa shape index (κ1) is 15.6. The van der Waals surface area contributed by atoms with Gasteiger partial charge in [0.25, 0.3) is 0 Å². The summed E-state index contributed by atoms with van der Waals surface area (Å²) in [5, 5.41) is 3.34. The van der Waals surface area contributed by atoms with Crippen molar-refractivity contribution in [2.45, 2.75) is 39.3 Å². The molecule has 21 heavy (non-hydrogen) atoms. The van der Waals surface area contributed by atoms with Crippen molar-refractivity contribution in [3.8, 4) is 0 Å². The molecule has 0 heterocycles. The van der Waals surface area contributed by atoms with Crippen LogP contribution in [0, 0.1) is 11.6 Å². The maximum atomic E-state index is 13.6. The molecule has 2 rings (SSSR count). The molecule has 1 N–H and O–H groups in total. The zero-order valence-electron chi connectivity index (χ0n) is 12.5. The van der Waals surface area contributed by atoms with E-state index in [4.69, 9.17) is 0 Å². The first-order valence-corrected chi connectivity index (χ1v) is 7.40. The lowest BCUT2D eigenvalue weighted by molar-refractivity contribution is 0.500. The van der Waals surface area contributed by atoms with E-state index in [1.165, 1.54) is 23.3 Å². The average Bonchev–Trinajstić information content (AvgIpc) is 2.50. The third-order valence-corrected chi connectivity index (χ3v) is 3.75. The number of hydrogen-bond donors (Lipinski definition) is 1. The van der Waals surface area contributed by atoms with Gasteiger partial charge in [-0.15, -0.1) is 0 Å². The number of nitrogens with one attached hydrogen (secondary N) is 1.